The highest BCUT2D eigenvalue weighted by Crippen LogP contribution is 2.13. The third-order valence-corrected chi connectivity index (χ3v) is 2.17. The Labute approximate surface area is 98.8 Å². The average molecular weight is 247 g/mol. The average Bonchev–Trinajstić information content (AvgIpc) is 2.25. The van der Waals surface area contributed by atoms with Gasteiger partial charge in [0.15, 0.2) is 0 Å². The molecule has 1 aromatic carbocycles. The van der Waals surface area contributed by atoms with E-state index in [1.807, 2.05) is 19.1 Å². The Morgan fingerprint density at radius 1 is 1.24 bits per heavy atom. The molecule has 2 nitrogen and oxygen atoms in total. The molecule has 1 unspecified atom stereocenters. The fourth-order valence-electron chi connectivity index (χ4n) is 1.20. The molecule has 0 fully saturated rings. The summed E-state index contributed by atoms with van der Waals surface area (Å²) in [6.07, 6.45) is -4.18. The molecule has 0 aliphatic rings. The second-order valence-corrected chi connectivity index (χ2v) is 4.02. The SMILES string of the molecule is Cc1ccc(OCC(C)NCC(F)(F)F)cc1. The van der Waals surface area contributed by atoms with Crippen molar-refractivity contribution in [3.63, 3.8) is 0 Å². The van der Waals surface area contributed by atoms with Crippen LogP contribution in [-0.2, 0) is 0 Å². The first-order chi connectivity index (χ1) is 7.87. The Hall–Kier alpha value is -1.23. The Morgan fingerprint density at radius 2 is 1.82 bits per heavy atom. The molecule has 17 heavy (non-hydrogen) atoms. The molecular formula is C12H16F3NO. The number of benzene rings is 1. The predicted molar refractivity (Wildman–Crippen MR) is 60.2 cm³/mol. The molecule has 1 rings (SSSR count). The van der Waals surface area contributed by atoms with E-state index in [2.05, 4.69) is 5.32 Å². The van der Waals surface area contributed by atoms with E-state index in [1.165, 1.54) is 0 Å². The lowest BCUT2D eigenvalue weighted by molar-refractivity contribution is -0.126. The Morgan fingerprint density at radius 3 is 2.35 bits per heavy atom. The molecule has 96 valence electrons. The summed E-state index contributed by atoms with van der Waals surface area (Å²) < 4.78 is 41.1. The number of alkyl halides is 3. The van der Waals surface area contributed by atoms with Crippen LogP contribution in [0.5, 0.6) is 5.75 Å². The Kier molecular flexibility index (Phi) is 4.81. The van der Waals surface area contributed by atoms with Gasteiger partial charge in [0.25, 0.3) is 0 Å². The zero-order chi connectivity index (χ0) is 12.9. The van der Waals surface area contributed by atoms with Crippen LogP contribution in [0.1, 0.15) is 12.5 Å². The van der Waals surface area contributed by atoms with Gasteiger partial charge >= 0.3 is 6.18 Å². The fourth-order valence-corrected chi connectivity index (χ4v) is 1.20. The molecule has 0 amide bonds. The molecule has 0 aliphatic heterocycles. The van der Waals surface area contributed by atoms with Gasteiger partial charge in [-0.2, -0.15) is 13.2 Å². The summed E-state index contributed by atoms with van der Waals surface area (Å²) in [5.74, 6) is 0.663. The van der Waals surface area contributed by atoms with Crippen LogP contribution < -0.4 is 10.1 Å². The lowest BCUT2D eigenvalue weighted by atomic mass is 10.2. The van der Waals surface area contributed by atoms with E-state index in [0.29, 0.717) is 5.75 Å². The van der Waals surface area contributed by atoms with Gasteiger partial charge in [-0.3, -0.25) is 0 Å². The van der Waals surface area contributed by atoms with Crippen LogP contribution in [-0.4, -0.2) is 25.4 Å². The molecule has 0 saturated carbocycles. The third-order valence-electron chi connectivity index (χ3n) is 2.17. The summed E-state index contributed by atoms with van der Waals surface area (Å²) in [7, 11) is 0. The number of hydrogen-bond acceptors (Lipinski definition) is 2. The highest BCUT2D eigenvalue weighted by atomic mass is 19.4. The lowest BCUT2D eigenvalue weighted by Crippen LogP contribution is -2.38. The summed E-state index contributed by atoms with van der Waals surface area (Å²) in [4.78, 5) is 0. The minimum Gasteiger partial charge on any atom is -0.492 e. The van der Waals surface area contributed by atoms with Crippen molar-refractivity contribution in [1.82, 2.24) is 5.32 Å². The molecule has 1 N–H and O–H groups in total. The monoisotopic (exact) mass is 247 g/mol. The summed E-state index contributed by atoms with van der Waals surface area (Å²) in [6.45, 7) is 2.82. The summed E-state index contributed by atoms with van der Waals surface area (Å²) in [5, 5.41) is 2.35. The first-order valence-corrected chi connectivity index (χ1v) is 5.36. The number of rotatable bonds is 5. The van der Waals surface area contributed by atoms with Gasteiger partial charge in [-0.1, -0.05) is 17.7 Å². The van der Waals surface area contributed by atoms with Crippen LogP contribution in [0, 0.1) is 6.92 Å². The smallest absolute Gasteiger partial charge is 0.401 e. The van der Waals surface area contributed by atoms with Crippen LogP contribution in [0.25, 0.3) is 0 Å². The highest BCUT2D eigenvalue weighted by Gasteiger charge is 2.27. The second kappa shape index (κ2) is 5.91. The number of hydrogen-bond donors (Lipinski definition) is 1. The van der Waals surface area contributed by atoms with E-state index in [1.54, 1.807) is 19.1 Å². The van der Waals surface area contributed by atoms with E-state index in [0.717, 1.165) is 5.56 Å². The fraction of sp³-hybridized carbons (Fsp3) is 0.500. The molecular weight excluding hydrogens is 231 g/mol. The number of ether oxygens (including phenoxy) is 1. The second-order valence-electron chi connectivity index (χ2n) is 4.02. The van der Waals surface area contributed by atoms with E-state index in [9.17, 15) is 13.2 Å². The van der Waals surface area contributed by atoms with Gasteiger partial charge in [-0.25, -0.2) is 0 Å². The summed E-state index contributed by atoms with van der Waals surface area (Å²) in [6, 6.07) is 7.03. The number of halogens is 3. The minimum atomic E-state index is -4.18. The summed E-state index contributed by atoms with van der Waals surface area (Å²) >= 11 is 0. The maximum atomic E-state index is 11.9. The van der Waals surface area contributed by atoms with Crippen molar-refractivity contribution >= 4 is 0 Å². The Balaban J connectivity index is 2.28. The van der Waals surface area contributed by atoms with E-state index in [4.69, 9.17) is 4.74 Å². The van der Waals surface area contributed by atoms with Gasteiger partial charge in [0, 0.05) is 6.04 Å². The summed E-state index contributed by atoms with van der Waals surface area (Å²) in [5.41, 5.74) is 1.11. The number of nitrogens with one attached hydrogen (secondary N) is 1. The highest BCUT2D eigenvalue weighted by molar-refractivity contribution is 5.26. The van der Waals surface area contributed by atoms with Crippen molar-refractivity contribution in [1.29, 1.82) is 0 Å². The largest absolute Gasteiger partial charge is 0.492 e. The van der Waals surface area contributed by atoms with Gasteiger partial charge < -0.3 is 10.1 Å². The molecule has 0 aliphatic carbocycles. The van der Waals surface area contributed by atoms with Gasteiger partial charge in [0.2, 0.25) is 0 Å². The maximum absolute atomic E-state index is 11.9. The maximum Gasteiger partial charge on any atom is 0.401 e. The van der Waals surface area contributed by atoms with E-state index >= 15 is 0 Å². The first kappa shape index (κ1) is 13.8. The molecule has 0 bridgehead atoms. The zero-order valence-corrected chi connectivity index (χ0v) is 9.84. The van der Waals surface area contributed by atoms with Gasteiger partial charge in [-0.05, 0) is 26.0 Å². The van der Waals surface area contributed by atoms with Crippen molar-refractivity contribution in [3.05, 3.63) is 29.8 Å². The van der Waals surface area contributed by atoms with Gasteiger partial charge in [0.1, 0.15) is 12.4 Å². The minimum absolute atomic E-state index is 0.207. The molecule has 1 atom stereocenters. The molecule has 0 spiro atoms. The van der Waals surface area contributed by atoms with Gasteiger partial charge in [-0.15, -0.1) is 0 Å². The van der Waals surface area contributed by atoms with Crippen molar-refractivity contribution < 1.29 is 17.9 Å². The Bertz CT molecular complexity index is 335. The van der Waals surface area contributed by atoms with Crippen molar-refractivity contribution in [2.75, 3.05) is 13.2 Å². The van der Waals surface area contributed by atoms with Crippen LogP contribution in [0.15, 0.2) is 24.3 Å². The zero-order valence-electron chi connectivity index (χ0n) is 9.84. The van der Waals surface area contributed by atoms with E-state index < -0.39 is 12.7 Å². The predicted octanol–water partition coefficient (Wildman–Crippen LogP) is 2.91. The van der Waals surface area contributed by atoms with Crippen molar-refractivity contribution in [3.8, 4) is 5.75 Å². The molecule has 5 heteroatoms. The van der Waals surface area contributed by atoms with Crippen LogP contribution >= 0.6 is 0 Å². The quantitative estimate of drug-likeness (QED) is 0.863. The molecule has 1 aromatic rings. The van der Waals surface area contributed by atoms with Crippen LogP contribution in [0.2, 0.25) is 0 Å². The third kappa shape index (κ3) is 6.16. The van der Waals surface area contributed by atoms with E-state index in [-0.39, 0.29) is 12.6 Å². The standard InChI is InChI=1S/C12H16F3NO/c1-9-3-5-11(6-4-9)17-7-10(2)16-8-12(13,14)15/h3-6,10,16H,7-8H2,1-2H3. The molecule has 0 aromatic heterocycles. The van der Waals surface area contributed by atoms with Crippen LogP contribution in [0.4, 0.5) is 13.2 Å². The van der Waals surface area contributed by atoms with Crippen molar-refractivity contribution in [2.45, 2.75) is 26.1 Å². The topological polar surface area (TPSA) is 21.3 Å². The van der Waals surface area contributed by atoms with Crippen LogP contribution in [0.3, 0.4) is 0 Å². The molecule has 0 radical (unpaired) electrons. The first-order valence-electron chi connectivity index (χ1n) is 5.36. The number of aryl methyl sites for hydroxylation is 1. The molecule has 0 heterocycles. The normalized spacial score (nSPS) is 13.5. The van der Waals surface area contributed by atoms with Gasteiger partial charge in [0.05, 0.1) is 6.54 Å². The lowest BCUT2D eigenvalue weighted by Gasteiger charge is -2.16. The van der Waals surface area contributed by atoms with Crippen molar-refractivity contribution in [2.24, 2.45) is 0 Å². The molecule has 0 saturated heterocycles.